The highest BCUT2D eigenvalue weighted by Crippen LogP contribution is 2.71. The number of nitrogens with one attached hydrogen (secondary N) is 1. The van der Waals surface area contributed by atoms with Crippen LogP contribution in [0.25, 0.3) is 0 Å². The van der Waals surface area contributed by atoms with E-state index in [1.165, 1.54) is 64.3 Å². The second-order valence-electron chi connectivity index (χ2n) is 16.4. The molecule has 238 valence electrons. The molecule has 7 heteroatoms. The molecule has 42 heavy (non-hydrogen) atoms. The Morgan fingerprint density at radius 1 is 1.02 bits per heavy atom. The zero-order valence-electron chi connectivity index (χ0n) is 26.7. The van der Waals surface area contributed by atoms with E-state index < -0.39 is 11.7 Å². The van der Waals surface area contributed by atoms with Crippen molar-refractivity contribution in [1.82, 2.24) is 10.2 Å². The fourth-order valence-electron chi connectivity index (χ4n) is 11.1. The average molecular weight is 587 g/mol. The van der Waals surface area contributed by atoms with Gasteiger partial charge in [-0.25, -0.2) is 0 Å². The number of esters is 1. The minimum Gasteiger partial charge on any atom is -0.459 e. The Morgan fingerprint density at radius 2 is 1.83 bits per heavy atom. The van der Waals surface area contributed by atoms with Gasteiger partial charge in [0, 0.05) is 36.6 Å². The monoisotopic (exact) mass is 586 g/mol. The summed E-state index contributed by atoms with van der Waals surface area (Å²) in [5.41, 5.74) is -0.832. The number of hydrogen-bond acceptors (Lipinski definition) is 7. The van der Waals surface area contributed by atoms with Crippen molar-refractivity contribution in [3.63, 3.8) is 0 Å². The largest absolute Gasteiger partial charge is 0.459 e. The fraction of sp³-hybridized carbons (Fsp3) is 0.971. The van der Waals surface area contributed by atoms with Gasteiger partial charge in [0.15, 0.2) is 0 Å². The zero-order chi connectivity index (χ0) is 29.1. The molecule has 7 rings (SSSR count). The third-order valence-corrected chi connectivity index (χ3v) is 12.7. The maximum atomic E-state index is 12.8. The summed E-state index contributed by atoms with van der Waals surface area (Å²) in [5, 5.41) is 15.0. The normalized spacial score (nSPS) is 43.7. The number of likely N-dealkylation sites (tertiary alicyclic amines) is 1. The van der Waals surface area contributed by atoms with Crippen LogP contribution in [0, 0.1) is 29.1 Å². The van der Waals surface area contributed by atoms with E-state index in [1.807, 2.05) is 20.8 Å². The van der Waals surface area contributed by atoms with Crippen LogP contribution in [-0.2, 0) is 19.0 Å². The first-order chi connectivity index (χ1) is 20.2. The topological polar surface area (TPSA) is 80.3 Å². The summed E-state index contributed by atoms with van der Waals surface area (Å²) in [6.07, 6.45) is 17.9. The van der Waals surface area contributed by atoms with E-state index in [-0.39, 0.29) is 41.8 Å². The highest BCUT2D eigenvalue weighted by atomic mass is 16.6. The summed E-state index contributed by atoms with van der Waals surface area (Å²) in [6, 6.07) is 0.512. The maximum Gasteiger partial charge on any atom is 0.320 e. The van der Waals surface area contributed by atoms with E-state index in [4.69, 9.17) is 14.2 Å². The molecule has 9 atom stereocenters. The Morgan fingerprint density at radius 3 is 2.60 bits per heavy atom. The number of ether oxygens (including phenoxy) is 3. The first-order valence-electron chi connectivity index (χ1n) is 17.9. The smallest absolute Gasteiger partial charge is 0.320 e. The molecule has 2 aliphatic heterocycles. The van der Waals surface area contributed by atoms with Crippen LogP contribution < -0.4 is 5.32 Å². The van der Waals surface area contributed by atoms with Gasteiger partial charge < -0.3 is 24.6 Å². The molecule has 5 saturated carbocycles. The minimum absolute atomic E-state index is 0.0387. The number of aliphatic hydroxyl groups is 1. The molecule has 7 nitrogen and oxygen atoms in total. The summed E-state index contributed by atoms with van der Waals surface area (Å²) < 4.78 is 20.2. The van der Waals surface area contributed by atoms with E-state index >= 15 is 0 Å². The van der Waals surface area contributed by atoms with Gasteiger partial charge in [-0.05, 0) is 109 Å². The molecular weight excluding hydrogens is 528 g/mol. The summed E-state index contributed by atoms with van der Waals surface area (Å²) in [4.78, 5) is 15.6. The highest BCUT2D eigenvalue weighted by molar-refractivity contribution is 5.72. The van der Waals surface area contributed by atoms with Gasteiger partial charge in [0.25, 0.3) is 0 Å². The van der Waals surface area contributed by atoms with E-state index in [1.54, 1.807) is 0 Å². The zero-order valence-corrected chi connectivity index (χ0v) is 26.7. The first-order valence-corrected chi connectivity index (χ1v) is 17.9. The first kappa shape index (κ1) is 30.0. The van der Waals surface area contributed by atoms with E-state index in [9.17, 15) is 9.90 Å². The number of piperidine rings is 1. The van der Waals surface area contributed by atoms with Gasteiger partial charge in [-0.1, -0.05) is 32.1 Å². The van der Waals surface area contributed by atoms with Crippen LogP contribution in [0.2, 0.25) is 0 Å². The minimum atomic E-state index is -0.494. The molecule has 0 aromatic carbocycles. The van der Waals surface area contributed by atoms with Gasteiger partial charge in [0.1, 0.15) is 5.60 Å². The van der Waals surface area contributed by atoms with Crippen molar-refractivity contribution in [2.24, 2.45) is 29.1 Å². The predicted octanol–water partition coefficient (Wildman–Crippen LogP) is 5.22. The molecule has 5 aliphatic carbocycles. The van der Waals surface area contributed by atoms with Crippen molar-refractivity contribution in [3.8, 4) is 0 Å². The van der Waals surface area contributed by atoms with Crippen LogP contribution in [0.5, 0.6) is 0 Å². The van der Waals surface area contributed by atoms with Crippen LogP contribution in [0.1, 0.15) is 117 Å². The lowest BCUT2D eigenvalue weighted by Gasteiger charge is -2.70. The van der Waals surface area contributed by atoms with Crippen molar-refractivity contribution in [3.05, 3.63) is 0 Å². The highest BCUT2D eigenvalue weighted by Gasteiger charge is 2.78. The molecule has 0 amide bonds. The summed E-state index contributed by atoms with van der Waals surface area (Å²) in [7, 11) is 0. The quantitative estimate of drug-likeness (QED) is 0.268. The van der Waals surface area contributed by atoms with Gasteiger partial charge in [0.05, 0.1) is 30.5 Å². The molecule has 0 aromatic heterocycles. The van der Waals surface area contributed by atoms with Gasteiger partial charge in [-0.15, -0.1) is 0 Å². The van der Waals surface area contributed by atoms with Crippen molar-refractivity contribution in [2.75, 3.05) is 26.2 Å². The summed E-state index contributed by atoms with van der Waals surface area (Å²) >= 11 is 0. The maximum absolute atomic E-state index is 12.8. The summed E-state index contributed by atoms with van der Waals surface area (Å²) in [5.74, 6) is 2.47. The molecule has 1 spiro atoms. The third-order valence-electron chi connectivity index (χ3n) is 12.7. The van der Waals surface area contributed by atoms with E-state index in [0.29, 0.717) is 17.9 Å². The Kier molecular flexibility index (Phi) is 8.25. The number of nitrogens with zero attached hydrogens (tertiary/aromatic N) is 1. The van der Waals surface area contributed by atoms with Crippen LogP contribution >= 0.6 is 0 Å². The second kappa shape index (κ2) is 11.6. The Labute approximate surface area is 254 Å². The molecule has 5 unspecified atom stereocenters. The molecule has 0 radical (unpaired) electrons. The van der Waals surface area contributed by atoms with Gasteiger partial charge in [-0.2, -0.15) is 0 Å². The standard InChI is InChI=1S/C35H58N2O5/c1-33(2,3)42-29(39)21-36-26-15-16-35(40-19-7-10-23-8-5-4-6-9-23)28-20-25-13-14-27(38)31-30(25)34(35,32(26)41-31)17-18-37(28)22-24-11-12-24/h23-28,30-32,36,38H,4-22H2,1-3H3/t25?,26-,27?,28?,30?,31?,32+,34+,35-/m1/s1. The molecule has 2 bridgehead atoms. The lowest BCUT2D eigenvalue weighted by atomic mass is 9.42. The Hall–Kier alpha value is -0.730. The number of hydrogen-bond donors (Lipinski definition) is 2. The van der Waals surface area contributed by atoms with Crippen LogP contribution in [0.15, 0.2) is 0 Å². The average Bonchev–Trinajstić information content (AvgIpc) is 3.70. The van der Waals surface area contributed by atoms with E-state index in [0.717, 1.165) is 63.5 Å². The fourth-order valence-corrected chi connectivity index (χ4v) is 11.1. The van der Waals surface area contributed by atoms with Crippen molar-refractivity contribution < 1.29 is 24.1 Å². The van der Waals surface area contributed by atoms with Gasteiger partial charge in [0.2, 0.25) is 0 Å². The third kappa shape index (κ3) is 5.29. The lowest BCUT2D eigenvalue weighted by Crippen LogP contribution is -2.79. The SMILES string of the molecule is CC(C)(C)OC(=O)CN[C@@H]1CC[C@@]2(OCCCC3CCCCC3)C3CC4CCC(O)C5O[C@@H]1[C@]2(CCN3CC1CC1)C45. The van der Waals surface area contributed by atoms with Crippen molar-refractivity contribution >= 4 is 5.97 Å². The van der Waals surface area contributed by atoms with Crippen LogP contribution in [0.4, 0.5) is 0 Å². The lowest BCUT2D eigenvalue weighted by molar-refractivity contribution is -0.282. The van der Waals surface area contributed by atoms with E-state index in [2.05, 4.69) is 10.2 Å². The Bertz CT molecular complexity index is 975. The number of aliphatic hydroxyl groups excluding tert-OH is 1. The molecule has 2 saturated heterocycles. The van der Waals surface area contributed by atoms with Crippen LogP contribution in [0.3, 0.4) is 0 Å². The molecule has 7 fully saturated rings. The number of carbonyl (C=O) groups is 1. The molecule has 2 heterocycles. The molecule has 7 aliphatic rings. The van der Waals surface area contributed by atoms with Gasteiger partial charge >= 0.3 is 5.97 Å². The molecule has 2 N–H and O–H groups in total. The molecular formula is C35H58N2O5. The van der Waals surface area contributed by atoms with Crippen molar-refractivity contribution in [1.29, 1.82) is 0 Å². The Balaban J connectivity index is 1.17. The molecule has 0 aromatic rings. The summed E-state index contributed by atoms with van der Waals surface area (Å²) in [6.45, 7) is 9.16. The second-order valence-corrected chi connectivity index (χ2v) is 16.4. The van der Waals surface area contributed by atoms with Gasteiger partial charge in [-0.3, -0.25) is 9.69 Å². The van der Waals surface area contributed by atoms with Crippen LogP contribution in [-0.4, -0.2) is 83.8 Å². The predicted molar refractivity (Wildman–Crippen MR) is 162 cm³/mol. The number of carbonyl (C=O) groups excluding carboxylic acids is 1. The van der Waals surface area contributed by atoms with Crippen molar-refractivity contribution in [2.45, 2.75) is 159 Å². The number of rotatable bonds is 10.